The maximum Gasteiger partial charge on any atom is 0.269 e. The molecule has 1 aliphatic carbocycles. The molecule has 3 amide bonds. The highest BCUT2D eigenvalue weighted by atomic mass is 32.2. The molecule has 9 heteroatoms. The van der Waals surface area contributed by atoms with Crippen LogP contribution in [0, 0.1) is 0 Å². The number of nitrogens with zero attached hydrogens (tertiary/aromatic N) is 2. The second-order valence-corrected chi connectivity index (χ2v) is 11.2. The molecule has 0 aromatic heterocycles. The van der Waals surface area contributed by atoms with E-state index in [1.54, 1.807) is 12.1 Å². The van der Waals surface area contributed by atoms with Gasteiger partial charge in [0.05, 0.1) is 5.56 Å². The molecule has 1 heterocycles. The highest BCUT2D eigenvalue weighted by molar-refractivity contribution is 7.90. The Morgan fingerprint density at radius 1 is 1.03 bits per heavy atom. The van der Waals surface area contributed by atoms with Crippen LogP contribution in [0.5, 0.6) is 0 Å². The van der Waals surface area contributed by atoms with Crippen LogP contribution in [0.25, 0.3) is 0 Å². The van der Waals surface area contributed by atoms with Crippen molar-refractivity contribution in [1.29, 1.82) is 0 Å². The van der Waals surface area contributed by atoms with Crippen LogP contribution in [-0.2, 0) is 26.2 Å². The second-order valence-electron chi connectivity index (χ2n) is 9.40. The van der Waals surface area contributed by atoms with E-state index in [1.807, 2.05) is 37.3 Å². The Kier molecular flexibility index (Phi) is 8.08. The smallest absolute Gasteiger partial charge is 0.269 e. The second kappa shape index (κ2) is 11.2. The molecule has 0 saturated heterocycles. The molecule has 36 heavy (non-hydrogen) atoms. The summed E-state index contributed by atoms with van der Waals surface area (Å²) in [6.07, 6.45) is 5.41. The van der Waals surface area contributed by atoms with Crippen molar-refractivity contribution in [3.05, 3.63) is 65.7 Å². The van der Waals surface area contributed by atoms with E-state index in [2.05, 4.69) is 5.32 Å². The minimum Gasteiger partial charge on any atom is -0.352 e. The fourth-order valence-electron chi connectivity index (χ4n) is 5.04. The van der Waals surface area contributed by atoms with Gasteiger partial charge in [0.15, 0.2) is 0 Å². The van der Waals surface area contributed by atoms with Crippen LogP contribution in [0.3, 0.4) is 0 Å². The number of carbonyl (C=O) groups excluding carboxylic acids is 3. The fourth-order valence-corrected chi connectivity index (χ4v) is 6.61. The van der Waals surface area contributed by atoms with Gasteiger partial charge in [-0.2, -0.15) is 0 Å². The SMILES string of the molecule is CC[C@@H](C(=O)NC1CCCCC1)N(Cc1ccccc1)C(=O)CCN1C(=O)c2ccccc2S1(=O)=O. The van der Waals surface area contributed by atoms with Gasteiger partial charge in [0.25, 0.3) is 15.9 Å². The van der Waals surface area contributed by atoms with Crippen LogP contribution in [-0.4, -0.2) is 54.0 Å². The van der Waals surface area contributed by atoms with Crippen LogP contribution < -0.4 is 5.32 Å². The van der Waals surface area contributed by atoms with Crippen LogP contribution in [0.15, 0.2) is 59.5 Å². The number of rotatable bonds is 9. The molecule has 192 valence electrons. The summed E-state index contributed by atoms with van der Waals surface area (Å²) in [7, 11) is -4.00. The van der Waals surface area contributed by atoms with Crippen LogP contribution in [0.1, 0.15) is 67.8 Å². The number of benzene rings is 2. The lowest BCUT2D eigenvalue weighted by molar-refractivity contribution is -0.141. The van der Waals surface area contributed by atoms with E-state index in [-0.39, 0.29) is 47.8 Å². The molecular formula is C27H33N3O5S. The summed E-state index contributed by atoms with van der Waals surface area (Å²) in [6, 6.07) is 14.9. The third-order valence-electron chi connectivity index (χ3n) is 6.97. The molecule has 0 spiro atoms. The van der Waals surface area contributed by atoms with Gasteiger partial charge in [0.2, 0.25) is 11.8 Å². The maximum atomic E-state index is 13.5. The first kappa shape index (κ1) is 25.9. The van der Waals surface area contributed by atoms with E-state index >= 15 is 0 Å². The normalized spacial score (nSPS) is 17.9. The topological polar surface area (TPSA) is 104 Å². The van der Waals surface area contributed by atoms with E-state index < -0.39 is 22.0 Å². The van der Waals surface area contributed by atoms with Crippen molar-refractivity contribution in [1.82, 2.24) is 14.5 Å². The lowest BCUT2D eigenvalue weighted by Gasteiger charge is -2.33. The summed E-state index contributed by atoms with van der Waals surface area (Å²) in [4.78, 5) is 41.0. The largest absolute Gasteiger partial charge is 0.352 e. The number of hydrogen-bond acceptors (Lipinski definition) is 5. The summed E-state index contributed by atoms with van der Waals surface area (Å²) in [5.41, 5.74) is 0.983. The monoisotopic (exact) mass is 511 g/mol. The van der Waals surface area contributed by atoms with Crippen molar-refractivity contribution in [2.24, 2.45) is 0 Å². The van der Waals surface area contributed by atoms with E-state index in [0.29, 0.717) is 6.42 Å². The van der Waals surface area contributed by atoms with Gasteiger partial charge in [0, 0.05) is 25.6 Å². The first-order valence-electron chi connectivity index (χ1n) is 12.6. The molecule has 1 atom stereocenters. The fraction of sp³-hybridized carbons (Fsp3) is 0.444. The molecule has 1 fully saturated rings. The summed E-state index contributed by atoms with van der Waals surface area (Å²) in [6.45, 7) is 1.80. The zero-order valence-electron chi connectivity index (χ0n) is 20.6. The molecule has 4 rings (SSSR count). The van der Waals surface area contributed by atoms with Crippen molar-refractivity contribution in [2.75, 3.05) is 6.54 Å². The highest BCUT2D eigenvalue weighted by Gasteiger charge is 2.41. The zero-order valence-corrected chi connectivity index (χ0v) is 21.4. The minimum absolute atomic E-state index is 0.0399. The quantitative estimate of drug-likeness (QED) is 0.555. The molecule has 0 bridgehead atoms. The Balaban J connectivity index is 1.51. The highest BCUT2D eigenvalue weighted by Crippen LogP contribution is 2.30. The number of fused-ring (bicyclic) bond motifs is 1. The van der Waals surface area contributed by atoms with Gasteiger partial charge in [-0.15, -0.1) is 0 Å². The predicted octanol–water partition coefficient (Wildman–Crippen LogP) is 3.48. The van der Waals surface area contributed by atoms with Gasteiger partial charge >= 0.3 is 0 Å². The van der Waals surface area contributed by atoms with E-state index in [9.17, 15) is 22.8 Å². The van der Waals surface area contributed by atoms with Crippen LogP contribution in [0.4, 0.5) is 0 Å². The maximum absolute atomic E-state index is 13.5. The van der Waals surface area contributed by atoms with Crippen molar-refractivity contribution in [2.45, 2.75) is 75.4 Å². The summed E-state index contributed by atoms with van der Waals surface area (Å²) < 4.78 is 26.6. The summed E-state index contributed by atoms with van der Waals surface area (Å²) in [5, 5.41) is 3.13. The average molecular weight is 512 g/mol. The standard InChI is InChI=1S/C27H33N3O5S/c1-2-23(26(32)28-21-13-7-4-8-14-21)29(19-20-11-5-3-6-12-20)25(31)17-18-30-27(33)22-15-9-10-16-24(22)36(30,34)35/h3,5-6,9-12,15-16,21,23H,2,4,7-8,13-14,17-19H2,1H3,(H,28,32)/t23-/m0/s1. The van der Waals surface area contributed by atoms with Gasteiger partial charge < -0.3 is 10.2 Å². The van der Waals surface area contributed by atoms with Crippen molar-refractivity contribution in [3.8, 4) is 0 Å². The summed E-state index contributed by atoms with van der Waals surface area (Å²) >= 11 is 0. The first-order valence-corrected chi connectivity index (χ1v) is 14.1. The third-order valence-corrected chi connectivity index (χ3v) is 8.81. The van der Waals surface area contributed by atoms with Crippen LogP contribution >= 0.6 is 0 Å². The molecule has 2 aromatic carbocycles. The van der Waals surface area contributed by atoms with Gasteiger partial charge in [-0.05, 0) is 37.0 Å². The summed E-state index contributed by atoms with van der Waals surface area (Å²) in [5.74, 6) is -1.19. The molecule has 2 aliphatic rings. The number of amides is 3. The third kappa shape index (κ3) is 5.46. The molecule has 8 nitrogen and oxygen atoms in total. The van der Waals surface area contributed by atoms with Gasteiger partial charge in [0.1, 0.15) is 10.9 Å². The molecule has 0 radical (unpaired) electrons. The Bertz CT molecular complexity index is 1210. The molecule has 2 aromatic rings. The van der Waals surface area contributed by atoms with E-state index in [0.717, 1.165) is 35.6 Å². The van der Waals surface area contributed by atoms with Crippen molar-refractivity contribution in [3.63, 3.8) is 0 Å². The van der Waals surface area contributed by atoms with E-state index in [1.165, 1.54) is 23.5 Å². The number of nitrogens with one attached hydrogen (secondary N) is 1. The van der Waals surface area contributed by atoms with Gasteiger partial charge in [-0.3, -0.25) is 14.4 Å². The predicted molar refractivity (Wildman–Crippen MR) is 135 cm³/mol. The Morgan fingerprint density at radius 2 is 1.69 bits per heavy atom. The number of hydrogen-bond donors (Lipinski definition) is 1. The number of sulfonamides is 1. The molecule has 0 unspecified atom stereocenters. The minimum atomic E-state index is -4.00. The first-order chi connectivity index (χ1) is 17.3. The average Bonchev–Trinajstić information content (AvgIpc) is 3.08. The van der Waals surface area contributed by atoms with Gasteiger partial charge in [-0.25, -0.2) is 12.7 Å². The van der Waals surface area contributed by atoms with Crippen molar-refractivity contribution < 1.29 is 22.8 Å². The lowest BCUT2D eigenvalue weighted by Crippen LogP contribution is -2.52. The van der Waals surface area contributed by atoms with Gasteiger partial charge in [-0.1, -0.05) is 68.7 Å². The Labute approximate surface area is 212 Å². The molecule has 1 saturated carbocycles. The molecule has 1 aliphatic heterocycles. The molecule has 1 N–H and O–H groups in total. The zero-order chi connectivity index (χ0) is 25.7. The lowest BCUT2D eigenvalue weighted by atomic mass is 9.95. The van der Waals surface area contributed by atoms with Crippen molar-refractivity contribution >= 4 is 27.7 Å². The van der Waals surface area contributed by atoms with Crippen LogP contribution in [0.2, 0.25) is 0 Å². The Hall–Kier alpha value is -3.20. The van der Waals surface area contributed by atoms with E-state index in [4.69, 9.17) is 0 Å². The number of carbonyl (C=O) groups is 3. The molecular weight excluding hydrogens is 478 g/mol. The Morgan fingerprint density at radius 3 is 2.36 bits per heavy atom.